The number of carbonyl (C=O) groups is 2. The second-order valence-electron chi connectivity index (χ2n) is 7.92. The second kappa shape index (κ2) is 10.2. The van der Waals surface area contributed by atoms with Crippen molar-refractivity contribution in [3.05, 3.63) is 35.4 Å². The van der Waals surface area contributed by atoms with Crippen molar-refractivity contribution in [1.29, 1.82) is 0 Å². The molecule has 2 heterocycles. The van der Waals surface area contributed by atoms with Crippen LogP contribution in [0.25, 0.3) is 0 Å². The van der Waals surface area contributed by atoms with Gasteiger partial charge in [0.05, 0.1) is 5.57 Å². The molecule has 1 fully saturated rings. The molecule has 2 aliphatic rings. The van der Waals surface area contributed by atoms with Crippen molar-refractivity contribution < 1.29 is 32.2 Å². The van der Waals surface area contributed by atoms with Gasteiger partial charge in [-0.15, -0.1) is 13.2 Å². The van der Waals surface area contributed by atoms with Gasteiger partial charge in [-0.05, 0) is 45.0 Å². The van der Waals surface area contributed by atoms with Crippen LogP contribution in [0.2, 0.25) is 0 Å². The van der Waals surface area contributed by atoms with E-state index in [1.807, 2.05) is 0 Å². The molecule has 3 rings (SSSR count). The van der Waals surface area contributed by atoms with E-state index in [4.69, 9.17) is 4.74 Å². The highest BCUT2D eigenvalue weighted by molar-refractivity contribution is 6.06. The second-order valence-corrected chi connectivity index (χ2v) is 7.92. The van der Waals surface area contributed by atoms with Crippen molar-refractivity contribution in [2.75, 3.05) is 38.0 Å². The maximum Gasteiger partial charge on any atom is 0.573 e. The van der Waals surface area contributed by atoms with Crippen molar-refractivity contribution >= 4 is 17.6 Å². The Morgan fingerprint density at radius 2 is 2.09 bits per heavy atom. The number of rotatable bonds is 8. The Morgan fingerprint density at radius 1 is 1.31 bits per heavy atom. The third-order valence-corrected chi connectivity index (χ3v) is 5.70. The highest BCUT2D eigenvalue weighted by Crippen LogP contribution is 2.33. The Labute approximate surface area is 184 Å². The molecule has 0 spiro atoms. The first kappa shape index (κ1) is 23.9. The molecular weight excluding hydrogens is 427 g/mol. The van der Waals surface area contributed by atoms with Crippen LogP contribution < -0.4 is 15.4 Å². The molecule has 1 amide bonds. The van der Waals surface area contributed by atoms with Crippen LogP contribution in [-0.2, 0) is 14.3 Å². The van der Waals surface area contributed by atoms with Gasteiger partial charge in [0.15, 0.2) is 0 Å². The number of nitrogens with one attached hydrogen (secondary N) is 2. The molecule has 7 nitrogen and oxygen atoms in total. The molecule has 176 valence electrons. The maximum absolute atomic E-state index is 12.8. The summed E-state index contributed by atoms with van der Waals surface area (Å²) in [6.45, 7) is 6.85. The lowest BCUT2D eigenvalue weighted by molar-refractivity contribution is -0.274. The molecule has 0 saturated carbocycles. The van der Waals surface area contributed by atoms with Crippen LogP contribution in [-0.4, -0.2) is 62.0 Å². The van der Waals surface area contributed by atoms with Gasteiger partial charge in [0, 0.05) is 42.9 Å². The highest BCUT2D eigenvalue weighted by atomic mass is 19.4. The minimum Gasteiger partial charge on any atom is -0.454 e. The average molecular weight is 455 g/mol. The minimum atomic E-state index is -4.76. The van der Waals surface area contributed by atoms with Crippen LogP contribution in [0.1, 0.15) is 26.7 Å². The summed E-state index contributed by atoms with van der Waals surface area (Å²) in [5.41, 5.74) is 1.13. The van der Waals surface area contributed by atoms with E-state index in [1.54, 1.807) is 13.0 Å². The first-order valence-corrected chi connectivity index (χ1v) is 10.7. The molecule has 0 bridgehead atoms. The zero-order valence-electron chi connectivity index (χ0n) is 18.1. The molecule has 1 aromatic rings. The molecule has 1 aromatic carbocycles. The molecule has 1 saturated heterocycles. The topological polar surface area (TPSA) is 79.9 Å². The first-order chi connectivity index (χ1) is 15.2. The Morgan fingerprint density at radius 3 is 2.81 bits per heavy atom. The summed E-state index contributed by atoms with van der Waals surface area (Å²) >= 11 is 0. The molecule has 0 radical (unpaired) electrons. The summed E-state index contributed by atoms with van der Waals surface area (Å²) in [5, 5.41) is 5.72. The number of benzene rings is 1. The third kappa shape index (κ3) is 6.15. The molecule has 2 N–H and O–H groups in total. The standard InChI is InChI=1S/C22H28F3N3O4/c1-3-28-11-5-6-15(13-28)19-18(14(2)21(30)31-19)20(29)27-10-9-26-16-7-4-8-17(12-16)32-22(23,24)25/h4,7-8,12,15,19,26H,3,5-6,9-11,13H2,1-2H3,(H,27,29). The zero-order chi connectivity index (χ0) is 23.3. The summed E-state index contributed by atoms with van der Waals surface area (Å²) < 4.78 is 46.5. The highest BCUT2D eigenvalue weighted by Gasteiger charge is 2.41. The smallest absolute Gasteiger partial charge is 0.454 e. The molecule has 0 aromatic heterocycles. The fourth-order valence-corrected chi connectivity index (χ4v) is 4.12. The minimum absolute atomic E-state index is 0.0698. The number of anilines is 1. The van der Waals surface area contributed by atoms with Crippen LogP contribution in [0.3, 0.4) is 0 Å². The number of hydrogen-bond donors (Lipinski definition) is 2. The average Bonchev–Trinajstić information content (AvgIpc) is 3.05. The normalized spacial score (nSPS) is 22.0. The third-order valence-electron chi connectivity index (χ3n) is 5.70. The van der Waals surface area contributed by atoms with E-state index in [1.165, 1.54) is 18.2 Å². The molecule has 2 atom stereocenters. The predicted molar refractivity (Wildman–Crippen MR) is 112 cm³/mol. The number of ether oxygens (including phenoxy) is 2. The Kier molecular flexibility index (Phi) is 7.65. The Hall–Kier alpha value is -2.75. The summed E-state index contributed by atoms with van der Waals surface area (Å²) in [7, 11) is 0. The number of cyclic esters (lactones) is 1. The number of halogens is 3. The van der Waals surface area contributed by atoms with Crippen LogP contribution in [0, 0.1) is 5.92 Å². The van der Waals surface area contributed by atoms with Crippen LogP contribution in [0.5, 0.6) is 5.75 Å². The van der Waals surface area contributed by atoms with Crippen molar-refractivity contribution in [3.8, 4) is 5.75 Å². The summed E-state index contributed by atoms with van der Waals surface area (Å²) in [6.07, 6.45) is -3.44. The number of esters is 1. The largest absolute Gasteiger partial charge is 0.573 e. The van der Waals surface area contributed by atoms with Gasteiger partial charge in [-0.3, -0.25) is 4.79 Å². The van der Waals surface area contributed by atoms with Gasteiger partial charge >= 0.3 is 12.3 Å². The lowest BCUT2D eigenvalue weighted by Crippen LogP contribution is -2.43. The quantitative estimate of drug-likeness (QED) is 0.463. The Bertz CT molecular complexity index is 872. The summed E-state index contributed by atoms with van der Waals surface area (Å²) in [5.74, 6) is -1.08. The fourth-order valence-electron chi connectivity index (χ4n) is 4.12. The van der Waals surface area contributed by atoms with Gasteiger partial charge in [0.1, 0.15) is 11.9 Å². The van der Waals surface area contributed by atoms with Gasteiger partial charge in [-0.1, -0.05) is 13.0 Å². The van der Waals surface area contributed by atoms with Gasteiger partial charge in [0.2, 0.25) is 0 Å². The lowest BCUT2D eigenvalue weighted by Gasteiger charge is -2.35. The summed E-state index contributed by atoms with van der Waals surface area (Å²) in [6, 6.07) is 5.47. The van der Waals surface area contributed by atoms with Crippen LogP contribution in [0.15, 0.2) is 35.4 Å². The number of nitrogens with zero attached hydrogens (tertiary/aromatic N) is 1. The van der Waals surface area contributed by atoms with E-state index < -0.39 is 18.4 Å². The van der Waals surface area contributed by atoms with Crippen LogP contribution >= 0.6 is 0 Å². The number of alkyl halides is 3. The predicted octanol–water partition coefficient (Wildman–Crippen LogP) is 3.09. The van der Waals surface area contributed by atoms with E-state index in [0.717, 1.165) is 32.5 Å². The monoisotopic (exact) mass is 455 g/mol. The van der Waals surface area contributed by atoms with E-state index in [0.29, 0.717) is 16.8 Å². The molecule has 32 heavy (non-hydrogen) atoms. The number of piperidine rings is 1. The molecular formula is C22H28F3N3O4. The molecule has 10 heteroatoms. The SMILES string of the molecule is CCN1CCCC(C2OC(=O)C(C)=C2C(=O)NCCNc2cccc(OC(F)(F)F)c2)C1. The Balaban J connectivity index is 1.54. The molecule has 2 unspecified atom stereocenters. The van der Waals surface area contributed by atoms with Crippen LogP contribution in [0.4, 0.5) is 18.9 Å². The summed E-state index contributed by atoms with van der Waals surface area (Å²) in [4.78, 5) is 27.3. The van der Waals surface area contributed by atoms with E-state index in [9.17, 15) is 22.8 Å². The fraction of sp³-hybridized carbons (Fsp3) is 0.545. The number of likely N-dealkylation sites (tertiary alicyclic amines) is 1. The zero-order valence-corrected chi connectivity index (χ0v) is 18.1. The first-order valence-electron chi connectivity index (χ1n) is 10.7. The van der Waals surface area contributed by atoms with Crippen molar-refractivity contribution in [2.24, 2.45) is 5.92 Å². The van der Waals surface area contributed by atoms with Gasteiger partial charge in [0.25, 0.3) is 5.91 Å². The number of carbonyl (C=O) groups excluding carboxylic acids is 2. The number of hydrogen-bond acceptors (Lipinski definition) is 6. The van der Waals surface area contributed by atoms with E-state index in [-0.39, 0.29) is 30.7 Å². The van der Waals surface area contributed by atoms with Gasteiger partial charge in [-0.25, -0.2) is 4.79 Å². The molecule has 2 aliphatic heterocycles. The lowest BCUT2D eigenvalue weighted by atomic mass is 9.87. The van der Waals surface area contributed by atoms with Crippen molar-refractivity contribution in [1.82, 2.24) is 10.2 Å². The van der Waals surface area contributed by atoms with Gasteiger partial charge < -0.3 is 25.0 Å². The van der Waals surface area contributed by atoms with Gasteiger partial charge in [-0.2, -0.15) is 0 Å². The van der Waals surface area contributed by atoms with Crippen molar-refractivity contribution in [2.45, 2.75) is 39.2 Å². The number of amides is 1. The van der Waals surface area contributed by atoms with Crippen molar-refractivity contribution in [3.63, 3.8) is 0 Å². The maximum atomic E-state index is 12.8. The molecule has 0 aliphatic carbocycles. The van der Waals surface area contributed by atoms with E-state index >= 15 is 0 Å². The van der Waals surface area contributed by atoms with E-state index in [2.05, 4.69) is 27.2 Å².